The fourth-order valence-corrected chi connectivity index (χ4v) is 3.20. The van der Waals surface area contributed by atoms with Crippen LogP contribution in [-0.2, 0) is 13.2 Å². The average molecular weight is 411 g/mol. The Hall–Kier alpha value is -2.93. The topological polar surface area (TPSA) is 67.4 Å². The van der Waals surface area contributed by atoms with Crippen molar-refractivity contribution in [2.75, 3.05) is 10.2 Å². The molecule has 26 heavy (non-hydrogen) atoms. The summed E-state index contributed by atoms with van der Waals surface area (Å²) in [6, 6.07) is 14.9. The van der Waals surface area contributed by atoms with Gasteiger partial charge in [-0.2, -0.15) is 0 Å². The zero-order valence-electron chi connectivity index (χ0n) is 13.7. The van der Waals surface area contributed by atoms with Crippen molar-refractivity contribution in [1.29, 1.82) is 0 Å². The standard InChI is InChI=1S/C19H15BrN4O2/c20-15-7-6-14(26-12-18-21-8-3-9-22-18)10-17(15)24-11-13-4-1-2-5-16(13)23-19(24)25/h1-10H,11-12H2,(H,23,25). The molecule has 0 radical (unpaired) electrons. The minimum atomic E-state index is -0.173. The number of fused-ring (bicyclic) bond motifs is 1. The van der Waals surface area contributed by atoms with Gasteiger partial charge in [0.1, 0.15) is 12.4 Å². The van der Waals surface area contributed by atoms with Crippen LogP contribution in [0.4, 0.5) is 16.2 Å². The van der Waals surface area contributed by atoms with Crippen LogP contribution in [0.25, 0.3) is 0 Å². The molecule has 0 atom stereocenters. The van der Waals surface area contributed by atoms with E-state index in [1.807, 2.05) is 42.5 Å². The molecule has 2 amide bonds. The van der Waals surface area contributed by atoms with E-state index >= 15 is 0 Å². The smallest absolute Gasteiger partial charge is 0.326 e. The first-order valence-corrected chi connectivity index (χ1v) is 8.85. The van der Waals surface area contributed by atoms with E-state index in [9.17, 15) is 4.79 Å². The number of aromatic nitrogens is 2. The van der Waals surface area contributed by atoms with Gasteiger partial charge in [0.2, 0.25) is 0 Å². The number of ether oxygens (including phenoxy) is 1. The van der Waals surface area contributed by atoms with Gasteiger partial charge in [-0.15, -0.1) is 0 Å². The van der Waals surface area contributed by atoms with Gasteiger partial charge in [-0.1, -0.05) is 18.2 Å². The molecule has 1 aliphatic heterocycles. The van der Waals surface area contributed by atoms with Gasteiger partial charge in [0.15, 0.2) is 5.82 Å². The first kappa shape index (κ1) is 16.5. The first-order valence-electron chi connectivity index (χ1n) is 8.05. The highest BCUT2D eigenvalue weighted by Crippen LogP contribution is 2.35. The van der Waals surface area contributed by atoms with Crippen LogP contribution in [0.1, 0.15) is 11.4 Å². The monoisotopic (exact) mass is 410 g/mol. The number of urea groups is 1. The second-order valence-electron chi connectivity index (χ2n) is 5.74. The summed E-state index contributed by atoms with van der Waals surface area (Å²) >= 11 is 3.53. The lowest BCUT2D eigenvalue weighted by Gasteiger charge is -2.30. The molecule has 1 aliphatic rings. The van der Waals surface area contributed by atoms with Gasteiger partial charge in [-0.05, 0) is 45.8 Å². The third-order valence-electron chi connectivity index (χ3n) is 4.03. The third-order valence-corrected chi connectivity index (χ3v) is 4.70. The van der Waals surface area contributed by atoms with Gasteiger partial charge in [0.05, 0.1) is 12.2 Å². The minimum absolute atomic E-state index is 0.173. The van der Waals surface area contributed by atoms with Crippen LogP contribution in [0.15, 0.2) is 65.4 Å². The van der Waals surface area contributed by atoms with Gasteiger partial charge >= 0.3 is 6.03 Å². The number of carbonyl (C=O) groups excluding carboxylic acids is 1. The number of nitrogens with zero attached hydrogens (tertiary/aromatic N) is 3. The lowest BCUT2D eigenvalue weighted by molar-refractivity contribution is 0.256. The van der Waals surface area contributed by atoms with Crippen molar-refractivity contribution in [3.8, 4) is 5.75 Å². The summed E-state index contributed by atoms with van der Waals surface area (Å²) < 4.78 is 6.59. The fourth-order valence-electron chi connectivity index (χ4n) is 2.74. The molecule has 0 fully saturated rings. The van der Waals surface area contributed by atoms with Crippen molar-refractivity contribution in [3.05, 3.63) is 76.8 Å². The highest BCUT2D eigenvalue weighted by Gasteiger charge is 2.25. The molecule has 7 heteroatoms. The number of nitrogens with one attached hydrogen (secondary N) is 1. The number of anilines is 2. The highest BCUT2D eigenvalue weighted by molar-refractivity contribution is 9.10. The van der Waals surface area contributed by atoms with Crippen LogP contribution in [0, 0.1) is 0 Å². The second-order valence-corrected chi connectivity index (χ2v) is 6.59. The Balaban J connectivity index is 1.57. The molecule has 0 saturated heterocycles. The summed E-state index contributed by atoms with van der Waals surface area (Å²) in [4.78, 5) is 22.5. The van der Waals surface area contributed by atoms with Crippen LogP contribution in [-0.4, -0.2) is 16.0 Å². The summed E-state index contributed by atoms with van der Waals surface area (Å²) in [7, 11) is 0. The maximum atomic E-state index is 12.5. The Morgan fingerprint density at radius 1 is 1.12 bits per heavy atom. The van der Waals surface area contributed by atoms with Crippen LogP contribution >= 0.6 is 15.9 Å². The summed E-state index contributed by atoms with van der Waals surface area (Å²) in [6.07, 6.45) is 3.35. The van der Waals surface area contributed by atoms with E-state index in [-0.39, 0.29) is 12.6 Å². The number of para-hydroxylation sites is 1. The molecule has 0 unspecified atom stereocenters. The van der Waals surface area contributed by atoms with Crippen LogP contribution in [0.3, 0.4) is 0 Å². The maximum absolute atomic E-state index is 12.5. The highest BCUT2D eigenvalue weighted by atomic mass is 79.9. The van der Waals surface area contributed by atoms with E-state index < -0.39 is 0 Å². The quantitative estimate of drug-likeness (QED) is 0.693. The molecule has 1 N–H and O–H groups in total. The van der Waals surface area contributed by atoms with Crippen LogP contribution in [0.2, 0.25) is 0 Å². The molecule has 4 rings (SSSR count). The predicted octanol–water partition coefficient (Wildman–Crippen LogP) is 4.37. The molecular weight excluding hydrogens is 396 g/mol. The van der Waals surface area contributed by atoms with E-state index in [1.165, 1.54) is 0 Å². The Labute approximate surface area is 159 Å². The number of hydrogen-bond donors (Lipinski definition) is 1. The summed E-state index contributed by atoms with van der Waals surface area (Å²) in [5.41, 5.74) is 2.64. The Morgan fingerprint density at radius 3 is 2.77 bits per heavy atom. The molecule has 6 nitrogen and oxygen atoms in total. The van der Waals surface area contributed by atoms with Gasteiger partial charge in [0.25, 0.3) is 0 Å². The van der Waals surface area contributed by atoms with Crippen molar-refractivity contribution < 1.29 is 9.53 Å². The molecule has 0 spiro atoms. The van der Waals surface area contributed by atoms with E-state index in [4.69, 9.17) is 4.74 Å². The number of carbonyl (C=O) groups is 1. The van der Waals surface area contributed by atoms with Gasteiger partial charge in [-0.25, -0.2) is 14.8 Å². The predicted molar refractivity (Wildman–Crippen MR) is 102 cm³/mol. The second kappa shape index (κ2) is 7.13. The van der Waals surface area contributed by atoms with Crippen molar-refractivity contribution in [2.24, 2.45) is 0 Å². The Bertz CT molecular complexity index is 949. The van der Waals surface area contributed by atoms with Crippen molar-refractivity contribution in [1.82, 2.24) is 9.97 Å². The largest absolute Gasteiger partial charge is 0.486 e. The number of amides is 2. The number of halogens is 1. The molecule has 1 aromatic heterocycles. The summed E-state index contributed by atoms with van der Waals surface area (Å²) in [5.74, 6) is 1.24. The lowest BCUT2D eigenvalue weighted by atomic mass is 10.1. The molecule has 0 bridgehead atoms. The Kier molecular flexibility index (Phi) is 4.53. The summed E-state index contributed by atoms with van der Waals surface area (Å²) in [6.45, 7) is 0.753. The van der Waals surface area contributed by atoms with E-state index in [0.29, 0.717) is 18.1 Å². The molecule has 2 heterocycles. The summed E-state index contributed by atoms with van der Waals surface area (Å²) in [5, 5.41) is 2.92. The van der Waals surface area contributed by atoms with Gasteiger partial charge in [-0.3, -0.25) is 4.90 Å². The number of benzene rings is 2. The molecule has 2 aromatic carbocycles. The van der Waals surface area contributed by atoms with Gasteiger partial charge in [0, 0.05) is 28.6 Å². The van der Waals surface area contributed by atoms with Crippen LogP contribution < -0.4 is 15.0 Å². The molecule has 0 saturated carbocycles. The zero-order valence-corrected chi connectivity index (χ0v) is 15.3. The SMILES string of the molecule is O=C1Nc2ccccc2CN1c1cc(OCc2ncccn2)ccc1Br. The fraction of sp³-hybridized carbons (Fsp3) is 0.105. The lowest BCUT2D eigenvalue weighted by Crippen LogP contribution is -2.38. The molecule has 3 aromatic rings. The van der Waals surface area contributed by atoms with Crippen molar-refractivity contribution in [3.63, 3.8) is 0 Å². The van der Waals surface area contributed by atoms with Gasteiger partial charge < -0.3 is 10.1 Å². The number of hydrogen-bond acceptors (Lipinski definition) is 4. The third kappa shape index (κ3) is 3.39. The van der Waals surface area contributed by atoms with Crippen LogP contribution in [0.5, 0.6) is 5.75 Å². The van der Waals surface area contributed by atoms with E-state index in [1.54, 1.807) is 23.4 Å². The first-order chi connectivity index (χ1) is 12.7. The maximum Gasteiger partial charge on any atom is 0.326 e. The molecule has 0 aliphatic carbocycles. The average Bonchev–Trinajstić information content (AvgIpc) is 2.68. The van der Waals surface area contributed by atoms with Crippen molar-refractivity contribution in [2.45, 2.75) is 13.2 Å². The zero-order chi connectivity index (χ0) is 17.9. The number of rotatable bonds is 4. The van der Waals surface area contributed by atoms with Crippen molar-refractivity contribution >= 4 is 33.3 Å². The molecular formula is C19H15BrN4O2. The van der Waals surface area contributed by atoms with E-state index in [0.717, 1.165) is 21.4 Å². The molecule has 130 valence electrons. The normalized spacial score (nSPS) is 13.1. The van der Waals surface area contributed by atoms with E-state index in [2.05, 4.69) is 31.2 Å². The minimum Gasteiger partial charge on any atom is -0.486 e. The Morgan fingerprint density at radius 2 is 1.92 bits per heavy atom.